The summed E-state index contributed by atoms with van der Waals surface area (Å²) in [7, 11) is 0. The molecule has 0 saturated carbocycles. The summed E-state index contributed by atoms with van der Waals surface area (Å²) in [5.74, 6) is -1.49. The predicted octanol–water partition coefficient (Wildman–Crippen LogP) is 1.74. The molecule has 160 valence electrons. The highest BCUT2D eigenvalue weighted by Gasteiger charge is 2.33. The van der Waals surface area contributed by atoms with Crippen LogP contribution in [0.25, 0.3) is 0 Å². The Kier molecular flexibility index (Phi) is 9.20. The van der Waals surface area contributed by atoms with Gasteiger partial charge in [-0.15, -0.1) is 11.6 Å². The van der Waals surface area contributed by atoms with Crippen LogP contribution in [-0.2, 0) is 19.1 Å². The van der Waals surface area contributed by atoms with Crippen molar-refractivity contribution in [3.05, 3.63) is 0 Å². The van der Waals surface area contributed by atoms with Gasteiger partial charge in [-0.05, 0) is 46.0 Å². The van der Waals surface area contributed by atoms with Gasteiger partial charge in [-0.3, -0.25) is 14.4 Å². The summed E-state index contributed by atoms with van der Waals surface area (Å²) in [5.41, 5.74) is -0.699. The Morgan fingerprint density at radius 3 is 2.32 bits per heavy atom. The van der Waals surface area contributed by atoms with Crippen molar-refractivity contribution in [2.24, 2.45) is 11.8 Å². The van der Waals surface area contributed by atoms with E-state index in [1.54, 1.807) is 20.8 Å². The van der Waals surface area contributed by atoms with E-state index in [2.05, 4.69) is 16.0 Å². The molecule has 9 heteroatoms. The summed E-state index contributed by atoms with van der Waals surface area (Å²) in [4.78, 5) is 48.9. The second-order valence-electron chi connectivity index (χ2n) is 8.50. The van der Waals surface area contributed by atoms with Crippen molar-refractivity contribution in [1.29, 1.82) is 0 Å². The first kappa shape index (κ1) is 24.2. The van der Waals surface area contributed by atoms with E-state index in [0.29, 0.717) is 19.4 Å². The Labute approximate surface area is 171 Å². The van der Waals surface area contributed by atoms with E-state index in [1.807, 2.05) is 13.8 Å². The molecule has 1 saturated heterocycles. The van der Waals surface area contributed by atoms with Crippen LogP contribution in [0.4, 0.5) is 4.79 Å². The number of hydrogen-bond donors (Lipinski definition) is 3. The fourth-order valence-corrected chi connectivity index (χ4v) is 3.13. The van der Waals surface area contributed by atoms with Crippen LogP contribution in [0.2, 0.25) is 0 Å². The molecule has 3 atom stereocenters. The Bertz CT molecular complexity index is 589. The van der Waals surface area contributed by atoms with Crippen LogP contribution >= 0.6 is 11.6 Å². The summed E-state index contributed by atoms with van der Waals surface area (Å²) in [5, 5.41) is 7.95. The van der Waals surface area contributed by atoms with Gasteiger partial charge in [0, 0.05) is 12.5 Å². The molecule has 1 heterocycles. The molecule has 1 aliphatic rings. The van der Waals surface area contributed by atoms with E-state index in [1.165, 1.54) is 0 Å². The molecular weight excluding hydrogens is 386 g/mol. The maximum atomic E-state index is 12.8. The number of ketones is 1. The van der Waals surface area contributed by atoms with Crippen molar-refractivity contribution >= 4 is 35.3 Å². The highest BCUT2D eigenvalue weighted by molar-refractivity contribution is 6.28. The largest absolute Gasteiger partial charge is 0.444 e. The normalized spacial score (nSPS) is 19.0. The van der Waals surface area contributed by atoms with Gasteiger partial charge in [0.2, 0.25) is 11.8 Å². The van der Waals surface area contributed by atoms with Gasteiger partial charge in [-0.2, -0.15) is 0 Å². The molecule has 0 aromatic rings. The quantitative estimate of drug-likeness (QED) is 0.494. The van der Waals surface area contributed by atoms with Gasteiger partial charge in [-0.1, -0.05) is 13.8 Å². The van der Waals surface area contributed by atoms with Crippen molar-refractivity contribution in [2.75, 3.05) is 12.4 Å². The number of Topliss-reactive ketones (excluding diaryl/α,β-unsaturated/α-hetero) is 1. The Morgan fingerprint density at radius 2 is 1.86 bits per heavy atom. The average Bonchev–Trinajstić information content (AvgIpc) is 2.95. The van der Waals surface area contributed by atoms with Crippen molar-refractivity contribution < 1.29 is 23.9 Å². The topological polar surface area (TPSA) is 114 Å². The van der Waals surface area contributed by atoms with Crippen molar-refractivity contribution in [3.63, 3.8) is 0 Å². The van der Waals surface area contributed by atoms with Crippen LogP contribution < -0.4 is 16.0 Å². The average molecular weight is 418 g/mol. The lowest BCUT2D eigenvalue weighted by atomic mass is 9.95. The van der Waals surface area contributed by atoms with Crippen LogP contribution in [0.1, 0.15) is 53.9 Å². The van der Waals surface area contributed by atoms with Crippen LogP contribution in [0.15, 0.2) is 0 Å². The molecule has 0 aliphatic carbocycles. The van der Waals surface area contributed by atoms with Gasteiger partial charge in [0.05, 0.1) is 11.9 Å². The number of alkyl halides is 1. The number of rotatable bonds is 9. The lowest BCUT2D eigenvalue weighted by Gasteiger charge is -2.26. The predicted molar refractivity (Wildman–Crippen MR) is 106 cm³/mol. The molecule has 3 amide bonds. The smallest absolute Gasteiger partial charge is 0.408 e. The zero-order valence-corrected chi connectivity index (χ0v) is 18.0. The molecule has 1 fully saturated rings. The lowest BCUT2D eigenvalue weighted by molar-refractivity contribution is -0.129. The third kappa shape index (κ3) is 8.46. The van der Waals surface area contributed by atoms with E-state index in [4.69, 9.17) is 16.3 Å². The molecule has 28 heavy (non-hydrogen) atoms. The summed E-state index contributed by atoms with van der Waals surface area (Å²) >= 11 is 5.68. The third-order valence-corrected chi connectivity index (χ3v) is 4.50. The minimum absolute atomic E-state index is 0.119. The fraction of sp³-hybridized carbons (Fsp3) is 0.789. The highest BCUT2D eigenvalue weighted by Crippen LogP contribution is 2.17. The molecule has 3 N–H and O–H groups in total. The summed E-state index contributed by atoms with van der Waals surface area (Å²) in [6.07, 6.45) is 0.455. The van der Waals surface area contributed by atoms with Crippen LogP contribution in [0, 0.1) is 11.8 Å². The number of ether oxygens (including phenoxy) is 1. The summed E-state index contributed by atoms with van der Waals surface area (Å²) in [6, 6.07) is -1.74. The third-order valence-electron chi connectivity index (χ3n) is 4.23. The van der Waals surface area contributed by atoms with Gasteiger partial charge in [0.25, 0.3) is 0 Å². The molecule has 8 nitrogen and oxygen atoms in total. The molecule has 0 radical (unpaired) electrons. The van der Waals surface area contributed by atoms with Crippen molar-refractivity contribution in [2.45, 2.75) is 71.6 Å². The first-order chi connectivity index (χ1) is 12.9. The van der Waals surface area contributed by atoms with Crippen LogP contribution in [0.3, 0.4) is 0 Å². The highest BCUT2D eigenvalue weighted by atomic mass is 35.5. The summed E-state index contributed by atoms with van der Waals surface area (Å²) in [6.45, 7) is 9.57. The van der Waals surface area contributed by atoms with Gasteiger partial charge in [-0.25, -0.2) is 4.79 Å². The number of carbonyl (C=O) groups is 4. The monoisotopic (exact) mass is 417 g/mol. The maximum absolute atomic E-state index is 12.8. The van der Waals surface area contributed by atoms with Crippen LogP contribution in [0.5, 0.6) is 0 Å². The molecule has 0 spiro atoms. The minimum atomic E-state index is -0.881. The molecule has 0 bridgehead atoms. The number of hydrogen-bond acceptors (Lipinski definition) is 5. The van der Waals surface area contributed by atoms with E-state index in [9.17, 15) is 19.2 Å². The minimum Gasteiger partial charge on any atom is -0.444 e. The molecule has 0 aromatic carbocycles. The zero-order valence-electron chi connectivity index (χ0n) is 17.3. The number of carbonyl (C=O) groups excluding carboxylic acids is 4. The maximum Gasteiger partial charge on any atom is 0.408 e. The van der Waals surface area contributed by atoms with Crippen LogP contribution in [-0.4, -0.2) is 53.8 Å². The second-order valence-corrected chi connectivity index (χ2v) is 8.77. The second kappa shape index (κ2) is 10.6. The van der Waals surface area contributed by atoms with Gasteiger partial charge >= 0.3 is 6.09 Å². The SMILES string of the molecule is CC(C)C[C@H](NC(=O)OC(C)(C)C)C(=O)N[C@@H](CC1CCNC1=O)C(=O)CCl. The number of halogens is 1. The number of amides is 3. The Hall–Kier alpha value is -1.83. The Morgan fingerprint density at radius 1 is 1.21 bits per heavy atom. The van der Waals surface area contributed by atoms with Gasteiger partial charge < -0.3 is 20.7 Å². The van der Waals surface area contributed by atoms with E-state index >= 15 is 0 Å². The molecule has 1 aliphatic heterocycles. The fourth-order valence-electron chi connectivity index (χ4n) is 2.94. The Balaban J connectivity index is 2.83. The standard InChI is InChI=1S/C19H32ClN3O5/c1-11(2)8-14(23-18(27)28-19(3,4)5)17(26)22-13(15(24)10-20)9-12-6-7-21-16(12)25/h11-14H,6-10H2,1-5H3,(H,21,25)(H,22,26)(H,23,27)/t12?,13-,14-/m0/s1. The first-order valence-electron chi connectivity index (χ1n) is 9.59. The lowest BCUT2D eigenvalue weighted by Crippen LogP contribution is -2.53. The molecule has 1 unspecified atom stereocenters. The first-order valence-corrected chi connectivity index (χ1v) is 10.1. The number of alkyl carbamates (subject to hydrolysis) is 1. The van der Waals surface area contributed by atoms with E-state index in [-0.39, 0.29) is 35.8 Å². The van der Waals surface area contributed by atoms with Crippen molar-refractivity contribution in [3.8, 4) is 0 Å². The molecular formula is C19H32ClN3O5. The van der Waals surface area contributed by atoms with Crippen molar-refractivity contribution in [1.82, 2.24) is 16.0 Å². The van der Waals surface area contributed by atoms with Gasteiger partial charge in [0.1, 0.15) is 11.6 Å². The van der Waals surface area contributed by atoms with E-state index < -0.39 is 29.7 Å². The molecule has 1 rings (SSSR count). The summed E-state index contributed by atoms with van der Waals surface area (Å²) < 4.78 is 5.22. The van der Waals surface area contributed by atoms with Gasteiger partial charge in [0.15, 0.2) is 5.78 Å². The zero-order chi connectivity index (χ0) is 21.5. The molecule has 0 aromatic heterocycles. The number of nitrogens with one attached hydrogen (secondary N) is 3. The van der Waals surface area contributed by atoms with E-state index in [0.717, 1.165) is 0 Å².